The first-order valence-electron chi connectivity index (χ1n) is 9.40. The zero-order chi connectivity index (χ0) is 21.3. The molecule has 0 amide bonds. The number of hydrogen-bond donors (Lipinski definition) is 0. The van der Waals surface area contributed by atoms with Crippen molar-refractivity contribution in [3.63, 3.8) is 0 Å². The second-order valence-corrected chi connectivity index (χ2v) is 8.58. The number of methoxy groups -OCH3 is 1. The zero-order valence-electron chi connectivity index (χ0n) is 16.7. The van der Waals surface area contributed by atoms with Gasteiger partial charge in [0.05, 0.1) is 35.6 Å². The van der Waals surface area contributed by atoms with Crippen LogP contribution in [0.5, 0.6) is 5.75 Å². The molecule has 0 N–H and O–H groups in total. The summed E-state index contributed by atoms with van der Waals surface area (Å²) in [5.41, 5.74) is 1.48. The monoisotopic (exact) mass is 440 g/mol. The molecular weight excluding hydrogens is 420 g/mol. The predicted octanol–water partition coefficient (Wildman–Crippen LogP) is 2.87. The maximum absolute atomic E-state index is 13.4. The lowest BCUT2D eigenvalue weighted by Crippen LogP contribution is -2.39. The summed E-state index contributed by atoms with van der Waals surface area (Å²) >= 11 is 2.88. The van der Waals surface area contributed by atoms with E-state index in [2.05, 4.69) is 4.99 Å². The van der Waals surface area contributed by atoms with Crippen molar-refractivity contribution in [2.45, 2.75) is 19.9 Å². The second-order valence-electron chi connectivity index (χ2n) is 6.59. The van der Waals surface area contributed by atoms with Crippen molar-refractivity contribution >= 4 is 34.7 Å². The van der Waals surface area contributed by atoms with Crippen LogP contribution in [0.3, 0.4) is 0 Å². The number of rotatable bonds is 5. The molecule has 0 aliphatic carbocycles. The van der Waals surface area contributed by atoms with Crippen molar-refractivity contribution in [1.29, 1.82) is 0 Å². The highest BCUT2D eigenvalue weighted by Gasteiger charge is 2.33. The third kappa shape index (κ3) is 3.64. The fourth-order valence-corrected chi connectivity index (χ4v) is 5.19. The standard InChI is InChI=1S/C22H20N2O4S2/c1-4-28-21(26)18-13(2)23-22-24(19(18)14-7-5-8-15(11-14)27-3)20(25)17(30-22)12-16-9-6-10-29-16/h5-12,19H,4H2,1-3H3/b17-12-. The van der Waals surface area contributed by atoms with Gasteiger partial charge in [-0.3, -0.25) is 9.36 Å². The number of fused-ring (bicyclic) bond motifs is 1. The molecule has 0 saturated heterocycles. The maximum Gasteiger partial charge on any atom is 0.338 e. The quantitative estimate of drug-likeness (QED) is 0.572. The number of ether oxygens (including phenoxy) is 2. The molecule has 4 rings (SSSR count). The Hall–Kier alpha value is -2.97. The number of carbonyl (C=O) groups excluding carboxylic acids is 1. The van der Waals surface area contributed by atoms with Crippen LogP contribution in [0.25, 0.3) is 6.08 Å². The molecule has 30 heavy (non-hydrogen) atoms. The smallest absolute Gasteiger partial charge is 0.338 e. The normalized spacial score (nSPS) is 16.2. The van der Waals surface area contributed by atoms with Crippen molar-refractivity contribution in [3.8, 4) is 5.75 Å². The number of allylic oxidation sites excluding steroid dienone is 1. The predicted molar refractivity (Wildman–Crippen MR) is 118 cm³/mol. The van der Waals surface area contributed by atoms with Crippen molar-refractivity contribution in [2.24, 2.45) is 4.99 Å². The zero-order valence-corrected chi connectivity index (χ0v) is 18.4. The number of thiazole rings is 1. The molecule has 1 aromatic carbocycles. The van der Waals surface area contributed by atoms with Crippen LogP contribution in [0, 0.1) is 0 Å². The van der Waals surface area contributed by atoms with E-state index in [0.717, 1.165) is 10.4 Å². The number of carbonyl (C=O) groups is 1. The first-order chi connectivity index (χ1) is 14.5. The average Bonchev–Trinajstić information content (AvgIpc) is 3.35. The van der Waals surface area contributed by atoms with Gasteiger partial charge in [-0.2, -0.15) is 0 Å². The molecule has 0 spiro atoms. The summed E-state index contributed by atoms with van der Waals surface area (Å²) in [6.45, 7) is 3.77. The van der Waals surface area contributed by atoms with Crippen LogP contribution in [0.4, 0.5) is 0 Å². The van der Waals surface area contributed by atoms with Crippen LogP contribution < -0.4 is 19.6 Å². The maximum atomic E-state index is 13.4. The largest absolute Gasteiger partial charge is 0.497 e. The Kier molecular flexibility index (Phi) is 5.69. The molecule has 0 fully saturated rings. The van der Waals surface area contributed by atoms with Crippen molar-refractivity contribution in [1.82, 2.24) is 4.57 Å². The number of benzene rings is 1. The van der Waals surface area contributed by atoms with Gasteiger partial charge >= 0.3 is 5.97 Å². The van der Waals surface area contributed by atoms with Gasteiger partial charge in [-0.15, -0.1) is 11.3 Å². The highest BCUT2D eigenvalue weighted by molar-refractivity contribution is 7.11. The lowest BCUT2D eigenvalue weighted by atomic mass is 9.95. The Bertz CT molecular complexity index is 1300. The summed E-state index contributed by atoms with van der Waals surface area (Å²) in [6, 6.07) is 10.6. The summed E-state index contributed by atoms with van der Waals surface area (Å²) in [7, 11) is 1.58. The third-order valence-electron chi connectivity index (χ3n) is 4.74. The summed E-state index contributed by atoms with van der Waals surface area (Å²) in [6.07, 6.45) is 1.86. The van der Waals surface area contributed by atoms with E-state index in [1.165, 1.54) is 11.3 Å². The molecule has 1 unspecified atom stereocenters. The molecule has 1 aliphatic heterocycles. The SMILES string of the molecule is CCOC(=O)C1=C(C)N=c2s/c(=C\c3cccs3)c(=O)n2C1c1cccc(OC)c1. The van der Waals surface area contributed by atoms with Crippen LogP contribution in [-0.4, -0.2) is 24.3 Å². The minimum absolute atomic E-state index is 0.186. The van der Waals surface area contributed by atoms with E-state index in [-0.39, 0.29) is 12.2 Å². The molecule has 1 aliphatic rings. The number of thiophene rings is 1. The number of aromatic nitrogens is 1. The van der Waals surface area contributed by atoms with Crippen LogP contribution >= 0.6 is 22.7 Å². The van der Waals surface area contributed by atoms with Crippen molar-refractivity contribution in [3.05, 3.63) is 83.2 Å². The molecule has 6 nitrogen and oxygen atoms in total. The summed E-state index contributed by atoms with van der Waals surface area (Å²) in [5.74, 6) is 0.171. The summed E-state index contributed by atoms with van der Waals surface area (Å²) in [5, 5.41) is 1.96. The highest BCUT2D eigenvalue weighted by Crippen LogP contribution is 2.32. The first kappa shape index (κ1) is 20.3. The Labute approximate surface area is 181 Å². The van der Waals surface area contributed by atoms with E-state index in [1.54, 1.807) is 36.9 Å². The molecule has 1 atom stereocenters. The van der Waals surface area contributed by atoms with Gasteiger partial charge in [0.15, 0.2) is 4.80 Å². The topological polar surface area (TPSA) is 69.9 Å². The fraction of sp³-hybridized carbons (Fsp3) is 0.227. The van der Waals surface area contributed by atoms with Gasteiger partial charge in [-0.05, 0) is 49.1 Å². The van der Waals surface area contributed by atoms with Gasteiger partial charge in [0.1, 0.15) is 5.75 Å². The van der Waals surface area contributed by atoms with Gasteiger partial charge in [0, 0.05) is 4.88 Å². The Morgan fingerprint density at radius 1 is 1.30 bits per heavy atom. The third-order valence-corrected chi connectivity index (χ3v) is 6.55. The number of esters is 1. The van der Waals surface area contributed by atoms with E-state index in [0.29, 0.717) is 26.4 Å². The van der Waals surface area contributed by atoms with Gasteiger partial charge < -0.3 is 9.47 Å². The minimum Gasteiger partial charge on any atom is -0.497 e. The van der Waals surface area contributed by atoms with Crippen LogP contribution in [0.2, 0.25) is 0 Å². The van der Waals surface area contributed by atoms with E-state index >= 15 is 0 Å². The molecule has 3 aromatic rings. The molecule has 154 valence electrons. The summed E-state index contributed by atoms with van der Waals surface area (Å²) < 4.78 is 12.8. The highest BCUT2D eigenvalue weighted by atomic mass is 32.1. The number of hydrogen-bond acceptors (Lipinski definition) is 7. The van der Waals surface area contributed by atoms with E-state index in [9.17, 15) is 9.59 Å². The minimum atomic E-state index is -0.638. The molecule has 0 radical (unpaired) electrons. The van der Waals surface area contributed by atoms with Crippen LogP contribution in [0.1, 0.15) is 30.3 Å². The van der Waals surface area contributed by atoms with Gasteiger partial charge in [0.2, 0.25) is 0 Å². The first-order valence-corrected chi connectivity index (χ1v) is 11.1. The lowest BCUT2D eigenvalue weighted by molar-refractivity contribution is -0.139. The number of nitrogens with zero attached hydrogens (tertiary/aromatic N) is 2. The van der Waals surface area contributed by atoms with Gasteiger partial charge in [0.25, 0.3) is 5.56 Å². The molecule has 8 heteroatoms. The Balaban J connectivity index is 1.98. The van der Waals surface area contributed by atoms with E-state index in [4.69, 9.17) is 9.47 Å². The fourth-order valence-electron chi connectivity index (χ4n) is 3.42. The van der Waals surface area contributed by atoms with Crippen molar-refractivity contribution < 1.29 is 14.3 Å². The van der Waals surface area contributed by atoms with Crippen LogP contribution in [0.15, 0.2) is 62.8 Å². The molecule has 0 saturated carbocycles. The molecule has 3 heterocycles. The van der Waals surface area contributed by atoms with E-state index < -0.39 is 12.0 Å². The summed E-state index contributed by atoms with van der Waals surface area (Å²) in [4.78, 5) is 32.3. The molecule has 0 bridgehead atoms. The second kappa shape index (κ2) is 8.41. The Morgan fingerprint density at radius 2 is 2.13 bits per heavy atom. The van der Waals surface area contributed by atoms with E-state index in [1.807, 2.05) is 47.9 Å². The van der Waals surface area contributed by atoms with Gasteiger partial charge in [-0.1, -0.05) is 29.5 Å². The van der Waals surface area contributed by atoms with Gasteiger partial charge in [-0.25, -0.2) is 9.79 Å². The lowest BCUT2D eigenvalue weighted by Gasteiger charge is -2.24. The molecule has 2 aromatic heterocycles. The van der Waals surface area contributed by atoms with Crippen molar-refractivity contribution in [2.75, 3.05) is 13.7 Å². The Morgan fingerprint density at radius 3 is 2.83 bits per heavy atom. The average molecular weight is 441 g/mol. The van der Waals surface area contributed by atoms with Crippen LogP contribution in [-0.2, 0) is 9.53 Å². The molecular formula is C22H20N2O4S2.